The Morgan fingerprint density at radius 2 is 1.39 bits per heavy atom. The van der Waals surface area contributed by atoms with E-state index in [1.807, 2.05) is 0 Å². The minimum atomic E-state index is 0.0907. The largest absolute Gasteiger partial charge is 0.0622 e. The van der Waals surface area contributed by atoms with Crippen LogP contribution in [0.4, 0.5) is 0 Å². The third-order valence-corrected chi connectivity index (χ3v) is 5.54. The average molecular weight is 370 g/mol. The molecule has 0 saturated heterocycles. The van der Waals surface area contributed by atoms with E-state index in [4.69, 9.17) is 0 Å². The fraction of sp³-hybridized carbons (Fsp3) is 0.357. The topological polar surface area (TPSA) is 0 Å². The van der Waals surface area contributed by atoms with Crippen LogP contribution in [0.15, 0.2) is 72.8 Å². The monoisotopic (exact) mass is 369 g/mol. The molecule has 28 heavy (non-hydrogen) atoms. The van der Waals surface area contributed by atoms with E-state index in [9.17, 15) is 0 Å². The van der Waals surface area contributed by atoms with E-state index in [2.05, 4.69) is 120 Å². The second kappa shape index (κ2) is 7.95. The van der Waals surface area contributed by atoms with Crippen molar-refractivity contribution < 1.29 is 0 Å². The summed E-state index contributed by atoms with van der Waals surface area (Å²) in [6.07, 6.45) is 1.00. The zero-order valence-electron chi connectivity index (χ0n) is 18.2. The maximum atomic E-state index is 3.31. The normalized spacial score (nSPS) is 13.4. The summed E-state index contributed by atoms with van der Waals surface area (Å²) in [6, 6.07) is 29.9. The van der Waals surface area contributed by atoms with E-state index in [0.717, 1.165) is 6.42 Å². The molecule has 0 amide bonds. The van der Waals surface area contributed by atoms with E-state index in [0.29, 0.717) is 5.92 Å². The van der Waals surface area contributed by atoms with Gasteiger partial charge >= 0.3 is 0 Å². The van der Waals surface area contributed by atoms with Gasteiger partial charge in [-0.15, -0.1) is 0 Å². The molecule has 1 unspecified atom stereocenters. The van der Waals surface area contributed by atoms with Gasteiger partial charge in [0, 0.05) is 5.92 Å². The highest BCUT2D eigenvalue weighted by Gasteiger charge is 2.24. The molecule has 1 atom stereocenters. The number of benzene rings is 3. The third-order valence-electron chi connectivity index (χ3n) is 5.54. The van der Waals surface area contributed by atoms with Crippen LogP contribution in [0.2, 0.25) is 0 Å². The quantitative estimate of drug-likeness (QED) is 0.448. The first kappa shape index (κ1) is 20.4. The molecule has 145 valence electrons. The first-order chi connectivity index (χ1) is 13.2. The third kappa shape index (κ3) is 4.73. The highest BCUT2D eigenvalue weighted by Crippen LogP contribution is 2.36. The highest BCUT2D eigenvalue weighted by atomic mass is 14.3. The van der Waals surface area contributed by atoms with E-state index < -0.39 is 0 Å². The molecule has 0 aliphatic heterocycles. The molecular weight excluding hydrogens is 336 g/mol. The summed E-state index contributed by atoms with van der Waals surface area (Å²) in [4.78, 5) is 0. The van der Waals surface area contributed by atoms with Crippen LogP contribution >= 0.6 is 0 Å². The maximum Gasteiger partial charge on any atom is 0.0133 e. The van der Waals surface area contributed by atoms with Crippen LogP contribution in [-0.4, -0.2) is 0 Å². The van der Waals surface area contributed by atoms with Gasteiger partial charge in [-0.3, -0.25) is 0 Å². The van der Waals surface area contributed by atoms with Crippen molar-refractivity contribution in [2.24, 2.45) is 0 Å². The molecule has 3 rings (SSSR count). The van der Waals surface area contributed by atoms with Crippen LogP contribution in [0.5, 0.6) is 0 Å². The molecular formula is C28H33. The second-order valence-electron chi connectivity index (χ2n) is 9.88. The summed E-state index contributed by atoms with van der Waals surface area (Å²) in [5, 5.41) is 0. The smallest absolute Gasteiger partial charge is 0.0133 e. The Balaban J connectivity index is 2.09. The summed E-state index contributed by atoms with van der Waals surface area (Å²) >= 11 is 0. The summed E-state index contributed by atoms with van der Waals surface area (Å²) in [5.41, 5.74) is 7.20. The van der Waals surface area contributed by atoms with Crippen LogP contribution in [0, 0.1) is 6.07 Å². The SMILES string of the molecule is CC(C)(C)c1ccc(C(Cc2ccccc2)c2cc[c]cc2C(C)(C)C)cc1. The van der Waals surface area contributed by atoms with Crippen LogP contribution < -0.4 is 0 Å². The Bertz CT molecular complexity index is 887. The molecule has 0 heteroatoms. The summed E-state index contributed by atoms with van der Waals surface area (Å²) < 4.78 is 0. The van der Waals surface area contributed by atoms with Gasteiger partial charge in [-0.1, -0.05) is 114 Å². The zero-order chi connectivity index (χ0) is 20.4. The van der Waals surface area contributed by atoms with E-state index >= 15 is 0 Å². The first-order valence-electron chi connectivity index (χ1n) is 10.3. The van der Waals surface area contributed by atoms with Crippen molar-refractivity contribution in [2.75, 3.05) is 0 Å². The standard InChI is InChI=1S/C28H33/c1-27(2,3)23-18-16-22(17-19-23)25(20-21-12-8-7-9-13-21)24-14-10-11-15-26(24)28(4,5)6/h7-10,12-19,25H,20H2,1-6H3. The lowest BCUT2D eigenvalue weighted by molar-refractivity contribution is 0.575. The lowest BCUT2D eigenvalue weighted by Gasteiger charge is -2.28. The highest BCUT2D eigenvalue weighted by molar-refractivity contribution is 5.43. The lowest BCUT2D eigenvalue weighted by atomic mass is 9.76. The molecule has 0 fully saturated rings. The van der Waals surface area contributed by atoms with Gasteiger partial charge < -0.3 is 0 Å². The van der Waals surface area contributed by atoms with Crippen molar-refractivity contribution in [3.05, 3.63) is 107 Å². The lowest BCUT2D eigenvalue weighted by Crippen LogP contribution is -2.18. The molecule has 0 aromatic heterocycles. The van der Waals surface area contributed by atoms with Crippen molar-refractivity contribution in [1.29, 1.82) is 0 Å². The second-order valence-corrected chi connectivity index (χ2v) is 9.88. The van der Waals surface area contributed by atoms with Gasteiger partial charge in [-0.25, -0.2) is 0 Å². The molecule has 3 aromatic rings. The van der Waals surface area contributed by atoms with Gasteiger partial charge in [-0.2, -0.15) is 0 Å². The van der Waals surface area contributed by atoms with Gasteiger partial charge in [0.15, 0.2) is 0 Å². The van der Waals surface area contributed by atoms with Crippen molar-refractivity contribution in [3.63, 3.8) is 0 Å². The van der Waals surface area contributed by atoms with Crippen LogP contribution in [0.1, 0.15) is 75.3 Å². The molecule has 0 spiro atoms. The van der Waals surface area contributed by atoms with E-state index in [-0.39, 0.29) is 10.8 Å². The number of hydrogen-bond donors (Lipinski definition) is 0. The van der Waals surface area contributed by atoms with Crippen molar-refractivity contribution >= 4 is 0 Å². The Morgan fingerprint density at radius 3 is 1.96 bits per heavy atom. The van der Waals surface area contributed by atoms with Crippen molar-refractivity contribution in [2.45, 2.75) is 64.7 Å². The van der Waals surface area contributed by atoms with Crippen LogP contribution in [0.25, 0.3) is 0 Å². The molecule has 1 radical (unpaired) electrons. The number of rotatable bonds is 4. The van der Waals surface area contributed by atoms with Gasteiger partial charge in [0.1, 0.15) is 0 Å². The molecule has 0 bridgehead atoms. The Hall–Kier alpha value is -2.34. The maximum absolute atomic E-state index is 3.31. The molecule has 0 heterocycles. The Labute approximate surface area is 171 Å². The molecule has 0 aliphatic carbocycles. The van der Waals surface area contributed by atoms with E-state index in [1.54, 1.807) is 0 Å². The van der Waals surface area contributed by atoms with Gasteiger partial charge in [0.05, 0.1) is 0 Å². The molecule has 0 aliphatic rings. The zero-order valence-corrected chi connectivity index (χ0v) is 18.2. The minimum Gasteiger partial charge on any atom is -0.0622 e. The van der Waals surface area contributed by atoms with Crippen LogP contribution in [0.3, 0.4) is 0 Å². The molecule has 0 saturated carbocycles. The first-order valence-corrected chi connectivity index (χ1v) is 10.3. The molecule has 3 aromatic carbocycles. The van der Waals surface area contributed by atoms with Gasteiger partial charge in [0.2, 0.25) is 0 Å². The van der Waals surface area contributed by atoms with E-state index in [1.165, 1.54) is 27.8 Å². The predicted octanol–water partition coefficient (Wildman–Crippen LogP) is 7.46. The average Bonchev–Trinajstić information content (AvgIpc) is 2.66. The summed E-state index contributed by atoms with van der Waals surface area (Å²) in [5.74, 6) is 0.334. The predicted molar refractivity (Wildman–Crippen MR) is 121 cm³/mol. The van der Waals surface area contributed by atoms with Gasteiger partial charge in [-0.05, 0) is 51.1 Å². The minimum absolute atomic E-state index is 0.0907. The van der Waals surface area contributed by atoms with Gasteiger partial charge in [0.25, 0.3) is 0 Å². The van der Waals surface area contributed by atoms with Crippen LogP contribution in [-0.2, 0) is 17.3 Å². The van der Waals surface area contributed by atoms with Crippen molar-refractivity contribution in [1.82, 2.24) is 0 Å². The molecule has 0 N–H and O–H groups in total. The Kier molecular flexibility index (Phi) is 5.79. The van der Waals surface area contributed by atoms with Crippen molar-refractivity contribution in [3.8, 4) is 0 Å². The Morgan fingerprint density at radius 1 is 0.750 bits per heavy atom. The summed E-state index contributed by atoms with van der Waals surface area (Å²) in [7, 11) is 0. The fourth-order valence-corrected chi connectivity index (χ4v) is 3.87. The summed E-state index contributed by atoms with van der Waals surface area (Å²) in [6.45, 7) is 13.7. The molecule has 0 nitrogen and oxygen atoms in total. The number of hydrogen-bond acceptors (Lipinski definition) is 0. The fourth-order valence-electron chi connectivity index (χ4n) is 3.87.